The highest BCUT2D eigenvalue weighted by molar-refractivity contribution is 5.39. The predicted molar refractivity (Wildman–Crippen MR) is 47.8 cm³/mol. The van der Waals surface area contributed by atoms with Crippen molar-refractivity contribution < 1.29 is 9.18 Å². The fraction of sp³-hybridized carbons (Fsp3) is 0.400. The summed E-state index contributed by atoms with van der Waals surface area (Å²) in [5.74, 6) is -0.397. The van der Waals surface area contributed by atoms with E-state index in [-0.39, 0.29) is 0 Å². The molecule has 1 aliphatic carbocycles. The van der Waals surface area contributed by atoms with Gasteiger partial charge >= 0.3 is 0 Å². The van der Waals surface area contributed by atoms with Crippen LogP contribution in [-0.4, -0.2) is 11.1 Å². The Morgan fingerprint density at radius 3 is 2.86 bits per heavy atom. The van der Waals surface area contributed by atoms with Crippen LogP contribution >= 0.6 is 0 Å². The predicted octanol–water partition coefficient (Wildman–Crippen LogP) is 1.94. The molecule has 2 rings (SSSR count). The standard InChI is InChI=1S/C10H9FN2O/c11-9-6-12-5-2-8(9)10(13-7-14)3-1-4-10/h2,5-6H,1,3-4H2. The minimum atomic E-state index is -0.658. The van der Waals surface area contributed by atoms with Crippen LogP contribution in [-0.2, 0) is 10.3 Å². The molecule has 0 N–H and O–H groups in total. The Kier molecular flexibility index (Phi) is 2.14. The Hall–Kier alpha value is -1.54. The second-order valence-electron chi connectivity index (χ2n) is 3.44. The molecule has 14 heavy (non-hydrogen) atoms. The summed E-state index contributed by atoms with van der Waals surface area (Å²) < 4.78 is 13.4. The minimum Gasteiger partial charge on any atom is -0.262 e. The molecule has 0 radical (unpaired) electrons. The third kappa shape index (κ3) is 1.24. The Morgan fingerprint density at radius 1 is 1.57 bits per heavy atom. The first-order chi connectivity index (χ1) is 6.78. The lowest BCUT2D eigenvalue weighted by Gasteiger charge is -2.36. The molecule has 72 valence electrons. The molecule has 0 amide bonds. The Bertz CT molecular complexity index is 395. The van der Waals surface area contributed by atoms with E-state index in [1.165, 1.54) is 12.3 Å². The fourth-order valence-electron chi connectivity index (χ4n) is 1.79. The van der Waals surface area contributed by atoms with Crippen molar-refractivity contribution >= 4 is 6.08 Å². The first kappa shape index (κ1) is 9.03. The van der Waals surface area contributed by atoms with E-state index >= 15 is 0 Å². The molecule has 0 aliphatic heterocycles. The fourth-order valence-corrected chi connectivity index (χ4v) is 1.79. The van der Waals surface area contributed by atoms with Gasteiger partial charge in [-0.3, -0.25) is 4.98 Å². The van der Waals surface area contributed by atoms with Crippen molar-refractivity contribution in [3.05, 3.63) is 29.8 Å². The third-order valence-electron chi connectivity index (χ3n) is 2.71. The van der Waals surface area contributed by atoms with Crippen LogP contribution in [0.1, 0.15) is 24.8 Å². The van der Waals surface area contributed by atoms with Crippen LogP contribution in [0.5, 0.6) is 0 Å². The molecule has 0 unspecified atom stereocenters. The molecule has 0 atom stereocenters. The van der Waals surface area contributed by atoms with Gasteiger partial charge in [-0.25, -0.2) is 9.18 Å². The SMILES string of the molecule is O=C=NC1(c2ccncc2F)CCC1. The van der Waals surface area contributed by atoms with Crippen LogP contribution in [0.15, 0.2) is 23.5 Å². The maximum Gasteiger partial charge on any atom is 0.235 e. The quantitative estimate of drug-likeness (QED) is 0.530. The van der Waals surface area contributed by atoms with Crippen molar-refractivity contribution in [3.63, 3.8) is 0 Å². The molecule has 1 fully saturated rings. The van der Waals surface area contributed by atoms with Crippen molar-refractivity contribution in [2.75, 3.05) is 0 Å². The monoisotopic (exact) mass is 192 g/mol. The third-order valence-corrected chi connectivity index (χ3v) is 2.71. The van der Waals surface area contributed by atoms with Gasteiger partial charge in [-0.15, -0.1) is 0 Å². The van der Waals surface area contributed by atoms with Crippen LogP contribution in [0.4, 0.5) is 4.39 Å². The second kappa shape index (κ2) is 3.31. The normalized spacial score (nSPS) is 18.1. The number of pyridine rings is 1. The molecule has 0 aromatic carbocycles. The van der Waals surface area contributed by atoms with E-state index < -0.39 is 11.4 Å². The van der Waals surface area contributed by atoms with E-state index in [1.54, 1.807) is 6.07 Å². The summed E-state index contributed by atoms with van der Waals surface area (Å²) in [7, 11) is 0. The zero-order valence-electron chi connectivity index (χ0n) is 7.53. The van der Waals surface area contributed by atoms with Crippen LogP contribution in [0.2, 0.25) is 0 Å². The summed E-state index contributed by atoms with van der Waals surface area (Å²) in [5.41, 5.74) is -0.198. The van der Waals surface area contributed by atoms with E-state index in [1.807, 2.05) is 0 Å². The van der Waals surface area contributed by atoms with Crippen molar-refractivity contribution in [2.45, 2.75) is 24.8 Å². The number of halogens is 1. The molecule has 1 aromatic heterocycles. The second-order valence-corrected chi connectivity index (χ2v) is 3.44. The summed E-state index contributed by atoms with van der Waals surface area (Å²) in [4.78, 5) is 17.6. The first-order valence-corrected chi connectivity index (χ1v) is 4.47. The van der Waals surface area contributed by atoms with Crippen LogP contribution in [0.25, 0.3) is 0 Å². The largest absolute Gasteiger partial charge is 0.262 e. The first-order valence-electron chi connectivity index (χ1n) is 4.47. The molecule has 0 bridgehead atoms. The molecule has 1 saturated carbocycles. The lowest BCUT2D eigenvalue weighted by Crippen LogP contribution is -2.32. The topological polar surface area (TPSA) is 42.3 Å². The van der Waals surface area contributed by atoms with Crippen molar-refractivity contribution in [1.29, 1.82) is 0 Å². The Morgan fingerprint density at radius 2 is 2.36 bits per heavy atom. The van der Waals surface area contributed by atoms with E-state index in [4.69, 9.17) is 0 Å². The Balaban J connectivity index is 2.46. The molecular weight excluding hydrogens is 183 g/mol. The van der Waals surface area contributed by atoms with Crippen molar-refractivity contribution in [3.8, 4) is 0 Å². The van der Waals surface area contributed by atoms with E-state index in [9.17, 15) is 9.18 Å². The number of hydrogen-bond donors (Lipinski definition) is 0. The highest BCUT2D eigenvalue weighted by Crippen LogP contribution is 2.45. The van der Waals surface area contributed by atoms with Crippen LogP contribution < -0.4 is 0 Å². The molecule has 1 heterocycles. The van der Waals surface area contributed by atoms with Gasteiger partial charge in [0.2, 0.25) is 6.08 Å². The van der Waals surface area contributed by atoms with Crippen LogP contribution in [0.3, 0.4) is 0 Å². The summed E-state index contributed by atoms with van der Waals surface area (Å²) in [6.45, 7) is 0. The molecule has 0 saturated heterocycles. The number of carbonyl (C=O) groups excluding carboxylic acids is 1. The summed E-state index contributed by atoms with van der Waals surface area (Å²) in [6.07, 6.45) is 6.57. The van der Waals surface area contributed by atoms with Gasteiger partial charge in [-0.2, -0.15) is 4.99 Å². The molecule has 4 heteroatoms. The molecular formula is C10H9FN2O. The molecule has 0 spiro atoms. The summed E-state index contributed by atoms with van der Waals surface area (Å²) in [6, 6.07) is 1.58. The van der Waals surface area contributed by atoms with Gasteiger partial charge in [0, 0.05) is 11.8 Å². The number of isocyanates is 1. The van der Waals surface area contributed by atoms with Gasteiger partial charge in [0.25, 0.3) is 0 Å². The van der Waals surface area contributed by atoms with E-state index in [2.05, 4.69) is 9.98 Å². The average Bonchev–Trinajstić information content (AvgIpc) is 2.13. The van der Waals surface area contributed by atoms with Crippen molar-refractivity contribution in [1.82, 2.24) is 4.98 Å². The number of aromatic nitrogens is 1. The van der Waals surface area contributed by atoms with Gasteiger partial charge in [0.15, 0.2) is 0 Å². The van der Waals surface area contributed by atoms with E-state index in [0.717, 1.165) is 12.6 Å². The van der Waals surface area contributed by atoms with Crippen LogP contribution in [0, 0.1) is 5.82 Å². The number of rotatable bonds is 2. The highest BCUT2D eigenvalue weighted by Gasteiger charge is 2.40. The molecule has 3 nitrogen and oxygen atoms in total. The number of hydrogen-bond acceptors (Lipinski definition) is 3. The number of nitrogens with zero attached hydrogens (tertiary/aromatic N) is 2. The summed E-state index contributed by atoms with van der Waals surface area (Å²) >= 11 is 0. The Labute approximate surface area is 80.7 Å². The van der Waals surface area contributed by atoms with Gasteiger partial charge in [-0.1, -0.05) is 0 Å². The smallest absolute Gasteiger partial charge is 0.235 e. The minimum absolute atomic E-state index is 0.397. The zero-order chi connectivity index (χ0) is 10.0. The zero-order valence-corrected chi connectivity index (χ0v) is 7.53. The maximum atomic E-state index is 13.4. The van der Waals surface area contributed by atoms with Gasteiger partial charge in [0.1, 0.15) is 11.4 Å². The average molecular weight is 192 g/mol. The van der Waals surface area contributed by atoms with E-state index in [0.29, 0.717) is 18.4 Å². The molecule has 1 aliphatic rings. The lowest BCUT2D eigenvalue weighted by molar-refractivity contribution is 0.247. The van der Waals surface area contributed by atoms with Gasteiger partial charge < -0.3 is 0 Å². The summed E-state index contributed by atoms with van der Waals surface area (Å²) in [5, 5.41) is 0. The van der Waals surface area contributed by atoms with Gasteiger partial charge in [-0.05, 0) is 25.3 Å². The van der Waals surface area contributed by atoms with Crippen molar-refractivity contribution in [2.24, 2.45) is 4.99 Å². The lowest BCUT2D eigenvalue weighted by atomic mass is 9.72. The highest BCUT2D eigenvalue weighted by atomic mass is 19.1. The molecule has 1 aromatic rings. The maximum absolute atomic E-state index is 13.4. The number of aliphatic imine (C=N–C) groups is 1. The van der Waals surface area contributed by atoms with Gasteiger partial charge in [0.05, 0.1) is 6.20 Å².